The molecule has 0 spiro atoms. The van der Waals surface area contributed by atoms with Crippen molar-refractivity contribution in [3.8, 4) is 11.1 Å². The fourth-order valence-electron chi connectivity index (χ4n) is 5.94. The predicted octanol–water partition coefficient (Wildman–Crippen LogP) is 7.94. The van der Waals surface area contributed by atoms with Crippen LogP contribution in [0.15, 0.2) is 84.9 Å². The number of H-pyrrole nitrogens is 1. The first-order chi connectivity index (χ1) is 15.9. The molecule has 0 amide bonds. The Morgan fingerprint density at radius 2 is 1.59 bits per heavy atom. The Hall–Kier alpha value is -4.04. The molecule has 8 rings (SSSR count). The molecule has 0 radical (unpaired) electrons. The lowest BCUT2D eigenvalue weighted by Crippen LogP contribution is -1.94. The number of fused-ring (bicyclic) bond motifs is 10. The smallest absolute Gasteiger partial charge is 0.0638 e. The first-order valence-corrected chi connectivity index (χ1v) is 11.4. The minimum absolute atomic E-state index is 1.11. The highest BCUT2D eigenvalue weighted by molar-refractivity contribution is 6.30. The maximum absolute atomic E-state index is 3.79. The van der Waals surface area contributed by atoms with Gasteiger partial charge in [-0.25, -0.2) is 0 Å². The van der Waals surface area contributed by atoms with Crippen LogP contribution in [0.3, 0.4) is 0 Å². The van der Waals surface area contributed by atoms with Crippen LogP contribution >= 0.6 is 0 Å². The minimum Gasteiger partial charge on any atom is -0.354 e. The highest BCUT2D eigenvalue weighted by Gasteiger charge is 2.24. The minimum atomic E-state index is 1.11. The molecule has 1 N–H and O–H groups in total. The summed E-state index contributed by atoms with van der Waals surface area (Å²) >= 11 is 0. The van der Waals surface area contributed by atoms with Crippen molar-refractivity contribution in [3.63, 3.8) is 0 Å². The van der Waals surface area contributed by atoms with Crippen molar-refractivity contribution in [2.24, 2.45) is 0 Å². The standard InChI is InChI=1S/C30H20N2/c1-2-8-18(9-3-1)19-14-15-25-22(16-19)23-17-24-20-10-4-6-12-26(20)32-27-13-7-5-11-21(27)28(30(24)32)29(23)31-25/h1-3,5-9,11-17,31H,4,10H2. The molecule has 2 nitrogen and oxygen atoms in total. The molecular weight excluding hydrogens is 388 g/mol. The summed E-state index contributed by atoms with van der Waals surface area (Å²) in [6, 6.07) is 28.8. The summed E-state index contributed by atoms with van der Waals surface area (Å²) in [6.07, 6.45) is 6.87. The molecule has 1 aliphatic carbocycles. The molecule has 0 atom stereocenters. The summed E-state index contributed by atoms with van der Waals surface area (Å²) in [4.78, 5) is 3.79. The molecule has 32 heavy (non-hydrogen) atoms. The van der Waals surface area contributed by atoms with Gasteiger partial charge in [0.2, 0.25) is 0 Å². The zero-order valence-electron chi connectivity index (χ0n) is 17.5. The van der Waals surface area contributed by atoms with Gasteiger partial charge < -0.3 is 9.38 Å². The highest BCUT2D eigenvalue weighted by atomic mass is 14.9. The molecule has 0 fully saturated rings. The van der Waals surface area contributed by atoms with Crippen LogP contribution in [0.1, 0.15) is 17.7 Å². The van der Waals surface area contributed by atoms with Crippen LogP contribution in [0, 0.1) is 0 Å². The van der Waals surface area contributed by atoms with Gasteiger partial charge in [-0.05, 0) is 59.9 Å². The zero-order chi connectivity index (χ0) is 20.8. The normalized spacial score (nSPS) is 13.9. The van der Waals surface area contributed by atoms with E-state index in [2.05, 4.69) is 100 Å². The number of hydrogen-bond acceptors (Lipinski definition) is 0. The number of benzene rings is 4. The number of allylic oxidation sites excluding steroid dienone is 1. The summed E-state index contributed by atoms with van der Waals surface area (Å²) in [5, 5.41) is 6.72. The largest absolute Gasteiger partial charge is 0.354 e. The van der Waals surface area contributed by atoms with Crippen molar-refractivity contribution in [2.45, 2.75) is 12.8 Å². The molecule has 2 heteroatoms. The average molecular weight is 409 g/mol. The van der Waals surface area contributed by atoms with Gasteiger partial charge in [-0.15, -0.1) is 0 Å². The van der Waals surface area contributed by atoms with E-state index in [1.807, 2.05) is 0 Å². The quantitative estimate of drug-likeness (QED) is 0.284. The van der Waals surface area contributed by atoms with E-state index >= 15 is 0 Å². The fraction of sp³-hybridized carbons (Fsp3) is 0.0667. The van der Waals surface area contributed by atoms with Crippen LogP contribution in [0.5, 0.6) is 0 Å². The topological polar surface area (TPSA) is 20.2 Å². The second kappa shape index (κ2) is 5.80. The first-order valence-electron chi connectivity index (χ1n) is 11.4. The summed E-state index contributed by atoms with van der Waals surface area (Å²) in [7, 11) is 0. The van der Waals surface area contributed by atoms with E-state index in [0.717, 1.165) is 12.8 Å². The van der Waals surface area contributed by atoms with Crippen LogP contribution in [-0.2, 0) is 6.42 Å². The van der Waals surface area contributed by atoms with Crippen LogP contribution in [0.2, 0.25) is 0 Å². The highest BCUT2D eigenvalue weighted by Crippen LogP contribution is 2.45. The van der Waals surface area contributed by atoms with Crippen LogP contribution in [-0.4, -0.2) is 9.38 Å². The van der Waals surface area contributed by atoms with E-state index < -0.39 is 0 Å². The molecule has 0 saturated carbocycles. The number of rotatable bonds is 1. The average Bonchev–Trinajstić information content (AvgIpc) is 3.50. The molecule has 0 unspecified atom stereocenters. The summed E-state index contributed by atoms with van der Waals surface area (Å²) < 4.78 is 2.49. The number of aromatic amines is 1. The lowest BCUT2D eigenvalue weighted by molar-refractivity contribution is 0.985. The number of para-hydroxylation sites is 1. The van der Waals surface area contributed by atoms with Gasteiger partial charge in [0.1, 0.15) is 0 Å². The Bertz CT molecular complexity index is 1860. The third-order valence-electron chi connectivity index (χ3n) is 7.33. The first kappa shape index (κ1) is 16.6. The van der Waals surface area contributed by atoms with Gasteiger partial charge >= 0.3 is 0 Å². The monoisotopic (exact) mass is 408 g/mol. The van der Waals surface area contributed by atoms with Gasteiger partial charge in [-0.3, -0.25) is 0 Å². The zero-order valence-corrected chi connectivity index (χ0v) is 17.5. The molecule has 3 heterocycles. The Morgan fingerprint density at radius 3 is 2.53 bits per heavy atom. The summed E-state index contributed by atoms with van der Waals surface area (Å²) in [5.74, 6) is 0. The van der Waals surface area contributed by atoms with Crippen LogP contribution in [0.25, 0.3) is 66.2 Å². The fourth-order valence-corrected chi connectivity index (χ4v) is 5.94. The van der Waals surface area contributed by atoms with Crippen LogP contribution in [0.4, 0.5) is 0 Å². The van der Waals surface area contributed by atoms with Gasteiger partial charge in [0.05, 0.1) is 16.6 Å². The molecule has 4 aromatic carbocycles. The van der Waals surface area contributed by atoms with Gasteiger partial charge in [0, 0.05) is 38.1 Å². The van der Waals surface area contributed by atoms with Crippen molar-refractivity contribution >= 4 is 55.1 Å². The third kappa shape index (κ3) is 1.95. The maximum Gasteiger partial charge on any atom is 0.0638 e. The number of hydrogen-bond donors (Lipinski definition) is 1. The molecule has 0 aliphatic heterocycles. The van der Waals surface area contributed by atoms with E-state index in [-0.39, 0.29) is 0 Å². The number of nitrogens with zero attached hydrogens (tertiary/aromatic N) is 1. The summed E-state index contributed by atoms with van der Waals surface area (Å²) in [6.45, 7) is 0. The molecular formula is C30H20N2. The van der Waals surface area contributed by atoms with Crippen LogP contribution < -0.4 is 0 Å². The third-order valence-corrected chi connectivity index (χ3v) is 7.33. The molecule has 0 saturated heterocycles. The van der Waals surface area contributed by atoms with E-state index in [1.54, 1.807) is 0 Å². The van der Waals surface area contributed by atoms with E-state index in [0.29, 0.717) is 0 Å². The second-order valence-corrected chi connectivity index (χ2v) is 8.98. The van der Waals surface area contributed by atoms with Crippen molar-refractivity contribution in [2.75, 3.05) is 0 Å². The molecule has 7 aromatic rings. The van der Waals surface area contributed by atoms with E-state index in [1.165, 1.54) is 71.4 Å². The van der Waals surface area contributed by atoms with Crippen molar-refractivity contribution in [3.05, 3.63) is 96.2 Å². The van der Waals surface area contributed by atoms with Gasteiger partial charge in [-0.2, -0.15) is 0 Å². The Balaban J connectivity index is 1.59. The van der Waals surface area contributed by atoms with Crippen molar-refractivity contribution in [1.82, 2.24) is 9.38 Å². The Morgan fingerprint density at radius 1 is 0.719 bits per heavy atom. The van der Waals surface area contributed by atoms with Gasteiger partial charge in [0.25, 0.3) is 0 Å². The van der Waals surface area contributed by atoms with Gasteiger partial charge in [-0.1, -0.05) is 60.7 Å². The summed E-state index contributed by atoms with van der Waals surface area (Å²) in [5.41, 5.74) is 10.5. The van der Waals surface area contributed by atoms with Crippen molar-refractivity contribution in [1.29, 1.82) is 0 Å². The number of nitrogens with one attached hydrogen (secondary N) is 1. The van der Waals surface area contributed by atoms with Crippen molar-refractivity contribution < 1.29 is 0 Å². The molecule has 1 aliphatic rings. The Kier molecular flexibility index (Phi) is 3.01. The second-order valence-electron chi connectivity index (χ2n) is 8.98. The SMILES string of the molecule is C1=Cc2c(c3cc4c5cc(-c6ccccc6)ccc5[nH]c4c4c5ccccc5n2c34)CC1. The van der Waals surface area contributed by atoms with E-state index in [9.17, 15) is 0 Å². The molecule has 3 aromatic heterocycles. The Labute approximate surface area is 184 Å². The lowest BCUT2D eigenvalue weighted by Gasteiger charge is -2.07. The van der Waals surface area contributed by atoms with Gasteiger partial charge in [0.15, 0.2) is 0 Å². The predicted molar refractivity (Wildman–Crippen MR) is 136 cm³/mol. The maximum atomic E-state index is 3.79. The molecule has 0 bridgehead atoms. The number of aryl methyl sites for hydroxylation is 1. The van der Waals surface area contributed by atoms with E-state index in [4.69, 9.17) is 0 Å². The molecule has 150 valence electrons. The lowest BCUT2D eigenvalue weighted by atomic mass is 9.97. The number of aromatic nitrogens is 2.